The van der Waals surface area contributed by atoms with Crippen LogP contribution in [0.15, 0.2) is 72.8 Å². The molecule has 0 heterocycles. The monoisotopic (exact) mass is 556 g/mol. The molecule has 3 aromatic carbocycles. The minimum atomic E-state index is -0.630. The van der Waals surface area contributed by atoms with Gasteiger partial charge in [-0.15, -0.1) is 11.8 Å². The molecule has 0 saturated carbocycles. The number of nitrogens with zero attached hydrogens (tertiary/aromatic N) is 1. The Labute approximate surface area is 234 Å². The van der Waals surface area contributed by atoms with Crippen LogP contribution in [0.5, 0.6) is 0 Å². The first kappa shape index (κ1) is 29.1. The Morgan fingerprint density at radius 1 is 0.946 bits per heavy atom. The van der Waals surface area contributed by atoms with Crippen LogP contribution in [0.3, 0.4) is 0 Å². The van der Waals surface area contributed by atoms with Crippen LogP contribution in [0.1, 0.15) is 42.5 Å². The summed E-state index contributed by atoms with van der Waals surface area (Å²) in [5.41, 5.74) is 4.12. The molecule has 0 aliphatic heterocycles. The number of halogens is 2. The third kappa shape index (κ3) is 8.80. The molecule has 0 bridgehead atoms. The predicted octanol–water partition coefficient (Wildman–Crippen LogP) is 7.09. The van der Waals surface area contributed by atoms with Crippen LogP contribution in [0.2, 0.25) is 10.0 Å². The Morgan fingerprint density at radius 3 is 2.32 bits per heavy atom. The number of hydrogen-bond donors (Lipinski definition) is 1. The highest BCUT2D eigenvalue weighted by Gasteiger charge is 2.31. The van der Waals surface area contributed by atoms with Gasteiger partial charge >= 0.3 is 0 Å². The average Bonchev–Trinajstić information content (AvgIpc) is 2.89. The van der Waals surface area contributed by atoms with Crippen LogP contribution in [-0.4, -0.2) is 34.6 Å². The van der Waals surface area contributed by atoms with Gasteiger partial charge in [0, 0.05) is 24.8 Å². The normalized spacial score (nSPS) is 12.6. The van der Waals surface area contributed by atoms with Gasteiger partial charge in [0.2, 0.25) is 11.8 Å². The molecule has 1 N–H and O–H groups in total. The number of carbonyl (C=O) groups excluding carboxylic acids is 2. The van der Waals surface area contributed by atoms with Gasteiger partial charge in [-0.25, -0.2) is 0 Å². The molecule has 37 heavy (non-hydrogen) atoms. The van der Waals surface area contributed by atoms with E-state index >= 15 is 0 Å². The summed E-state index contributed by atoms with van der Waals surface area (Å²) >= 11 is 13.7. The Kier molecular flexibility index (Phi) is 11.4. The molecule has 4 nitrogen and oxygen atoms in total. The summed E-state index contributed by atoms with van der Waals surface area (Å²) in [5.74, 6) is 0.653. The molecule has 0 spiro atoms. The van der Waals surface area contributed by atoms with Gasteiger partial charge in [-0.1, -0.05) is 90.8 Å². The quantitative estimate of drug-likeness (QED) is 0.259. The Hall–Kier alpha value is -2.47. The van der Waals surface area contributed by atoms with E-state index < -0.39 is 6.04 Å². The van der Waals surface area contributed by atoms with E-state index in [9.17, 15) is 9.59 Å². The summed E-state index contributed by atoms with van der Waals surface area (Å²) in [5, 5.41) is 4.12. The van der Waals surface area contributed by atoms with Gasteiger partial charge in [-0.3, -0.25) is 9.59 Å². The van der Waals surface area contributed by atoms with Crippen molar-refractivity contribution in [1.29, 1.82) is 0 Å². The SMILES string of the molecule is CCC(C)NC(=O)C(Cc1ccccc1)N(Cc1ccccc1C)C(=O)CSCc1ccc(Cl)c(Cl)c1. The molecule has 2 atom stereocenters. The van der Waals surface area contributed by atoms with Gasteiger partial charge in [0.05, 0.1) is 15.8 Å². The summed E-state index contributed by atoms with van der Waals surface area (Å²) in [6.45, 7) is 6.41. The fraction of sp³-hybridized carbons (Fsp3) is 0.333. The third-order valence-corrected chi connectivity index (χ3v) is 8.08. The molecule has 196 valence electrons. The third-order valence-electron chi connectivity index (χ3n) is 6.35. The van der Waals surface area contributed by atoms with Crippen molar-refractivity contribution in [2.45, 2.75) is 58.0 Å². The Bertz CT molecular complexity index is 1190. The lowest BCUT2D eigenvalue weighted by atomic mass is 10.0. The molecule has 0 radical (unpaired) electrons. The lowest BCUT2D eigenvalue weighted by Gasteiger charge is -2.32. The second-order valence-electron chi connectivity index (χ2n) is 9.21. The zero-order chi connectivity index (χ0) is 26.8. The summed E-state index contributed by atoms with van der Waals surface area (Å²) in [6, 6.07) is 22.8. The standard InChI is InChI=1S/C30H34Cl2N2O2S/c1-4-22(3)33-30(36)28(17-23-11-6-5-7-12-23)34(18-25-13-9-8-10-21(25)2)29(35)20-37-19-24-14-15-26(31)27(32)16-24/h5-16,22,28H,4,17-20H2,1-3H3,(H,33,36). The zero-order valence-electron chi connectivity index (χ0n) is 21.5. The molecular formula is C30H34Cl2N2O2S. The van der Waals surface area contributed by atoms with E-state index in [1.54, 1.807) is 11.0 Å². The fourth-order valence-corrected chi connectivity index (χ4v) is 5.11. The first-order valence-electron chi connectivity index (χ1n) is 12.5. The number of benzene rings is 3. The molecule has 3 rings (SSSR count). The topological polar surface area (TPSA) is 49.4 Å². The van der Waals surface area contributed by atoms with Gasteiger partial charge in [0.1, 0.15) is 6.04 Å². The van der Waals surface area contributed by atoms with Crippen LogP contribution < -0.4 is 5.32 Å². The van der Waals surface area contributed by atoms with Crippen molar-refractivity contribution < 1.29 is 9.59 Å². The van der Waals surface area contributed by atoms with Gasteiger partial charge in [0.25, 0.3) is 0 Å². The van der Waals surface area contributed by atoms with Gasteiger partial charge < -0.3 is 10.2 Å². The minimum absolute atomic E-state index is 0.0187. The smallest absolute Gasteiger partial charge is 0.243 e. The lowest BCUT2D eigenvalue weighted by molar-refractivity contribution is -0.139. The fourth-order valence-electron chi connectivity index (χ4n) is 3.93. The Morgan fingerprint density at radius 2 is 1.65 bits per heavy atom. The van der Waals surface area contributed by atoms with Crippen LogP contribution in [-0.2, 0) is 28.3 Å². The van der Waals surface area contributed by atoms with Crippen molar-refractivity contribution in [1.82, 2.24) is 10.2 Å². The molecular weight excluding hydrogens is 523 g/mol. The molecule has 0 aliphatic carbocycles. The first-order valence-corrected chi connectivity index (χ1v) is 14.4. The number of thioether (sulfide) groups is 1. The maximum atomic E-state index is 13.7. The van der Waals surface area contributed by atoms with Crippen molar-refractivity contribution in [3.8, 4) is 0 Å². The van der Waals surface area contributed by atoms with Crippen molar-refractivity contribution in [3.05, 3.63) is 105 Å². The molecule has 7 heteroatoms. The average molecular weight is 558 g/mol. The van der Waals surface area contributed by atoms with Gasteiger partial charge in [-0.2, -0.15) is 0 Å². The van der Waals surface area contributed by atoms with Crippen molar-refractivity contribution in [2.75, 3.05) is 5.75 Å². The molecule has 0 aliphatic rings. The van der Waals surface area contributed by atoms with E-state index in [4.69, 9.17) is 23.2 Å². The molecule has 2 amide bonds. The van der Waals surface area contributed by atoms with E-state index in [2.05, 4.69) is 5.32 Å². The largest absolute Gasteiger partial charge is 0.352 e. The number of aryl methyl sites for hydroxylation is 1. The van der Waals surface area contributed by atoms with Gasteiger partial charge in [-0.05, 0) is 54.7 Å². The van der Waals surface area contributed by atoms with Crippen molar-refractivity contribution in [2.24, 2.45) is 0 Å². The highest BCUT2D eigenvalue weighted by atomic mass is 35.5. The minimum Gasteiger partial charge on any atom is -0.352 e. The van der Waals surface area contributed by atoms with Crippen LogP contribution in [0.4, 0.5) is 0 Å². The summed E-state index contributed by atoms with van der Waals surface area (Å²) in [4.78, 5) is 29.0. The molecule has 0 aromatic heterocycles. The molecule has 0 fully saturated rings. The number of hydrogen-bond acceptors (Lipinski definition) is 3. The number of rotatable bonds is 12. The predicted molar refractivity (Wildman–Crippen MR) is 156 cm³/mol. The lowest BCUT2D eigenvalue weighted by Crippen LogP contribution is -2.52. The van der Waals surface area contributed by atoms with E-state index in [0.29, 0.717) is 28.8 Å². The first-order chi connectivity index (χ1) is 17.8. The maximum Gasteiger partial charge on any atom is 0.243 e. The Balaban J connectivity index is 1.86. The molecule has 3 aromatic rings. The van der Waals surface area contributed by atoms with Crippen molar-refractivity contribution in [3.63, 3.8) is 0 Å². The van der Waals surface area contributed by atoms with Crippen LogP contribution >= 0.6 is 35.0 Å². The summed E-state index contributed by atoms with van der Waals surface area (Å²) in [7, 11) is 0. The summed E-state index contributed by atoms with van der Waals surface area (Å²) in [6.07, 6.45) is 1.26. The number of nitrogens with one attached hydrogen (secondary N) is 1. The van der Waals surface area contributed by atoms with Crippen LogP contribution in [0.25, 0.3) is 0 Å². The number of carbonyl (C=O) groups is 2. The van der Waals surface area contributed by atoms with Crippen LogP contribution in [0, 0.1) is 6.92 Å². The molecule has 0 saturated heterocycles. The zero-order valence-corrected chi connectivity index (χ0v) is 23.9. The summed E-state index contributed by atoms with van der Waals surface area (Å²) < 4.78 is 0. The second kappa shape index (κ2) is 14.5. The molecule has 2 unspecified atom stereocenters. The van der Waals surface area contributed by atoms with E-state index in [0.717, 1.165) is 28.7 Å². The second-order valence-corrected chi connectivity index (χ2v) is 11.0. The van der Waals surface area contributed by atoms with E-state index in [1.165, 1.54) is 11.8 Å². The highest BCUT2D eigenvalue weighted by Crippen LogP contribution is 2.25. The number of amides is 2. The highest BCUT2D eigenvalue weighted by molar-refractivity contribution is 7.99. The maximum absolute atomic E-state index is 13.7. The van der Waals surface area contributed by atoms with Crippen molar-refractivity contribution >= 4 is 46.8 Å². The van der Waals surface area contributed by atoms with E-state index in [1.807, 2.05) is 87.5 Å². The van der Waals surface area contributed by atoms with Gasteiger partial charge in [0.15, 0.2) is 0 Å². The van der Waals surface area contributed by atoms with E-state index in [-0.39, 0.29) is 23.6 Å².